The van der Waals surface area contributed by atoms with Gasteiger partial charge in [0.15, 0.2) is 0 Å². The SMILES string of the molecule is C=C/C=C(/O)C(=C)c1cc(=C)/c(=C\C=C/C)[nH]1. The van der Waals surface area contributed by atoms with Crippen molar-refractivity contribution in [1.29, 1.82) is 0 Å². The van der Waals surface area contributed by atoms with Gasteiger partial charge in [-0.3, -0.25) is 0 Å². The first kappa shape index (κ1) is 12.8. The van der Waals surface area contributed by atoms with Crippen LogP contribution in [0.3, 0.4) is 0 Å². The molecule has 2 N–H and O–H groups in total. The van der Waals surface area contributed by atoms with E-state index in [0.717, 1.165) is 16.3 Å². The van der Waals surface area contributed by atoms with Gasteiger partial charge in [-0.25, -0.2) is 0 Å². The summed E-state index contributed by atoms with van der Waals surface area (Å²) in [5.74, 6) is 0.0961. The number of rotatable bonds is 4. The molecule has 0 saturated carbocycles. The lowest BCUT2D eigenvalue weighted by atomic mass is 10.1. The third-order valence-corrected chi connectivity index (χ3v) is 2.30. The van der Waals surface area contributed by atoms with E-state index in [4.69, 9.17) is 0 Å². The lowest BCUT2D eigenvalue weighted by Gasteiger charge is -2.00. The van der Waals surface area contributed by atoms with Crippen molar-refractivity contribution in [2.75, 3.05) is 0 Å². The number of hydrogen-bond acceptors (Lipinski definition) is 1. The normalized spacial score (nSPS) is 13.2. The Bertz CT molecular complexity index is 585. The van der Waals surface area contributed by atoms with Gasteiger partial charge in [-0.05, 0) is 30.4 Å². The van der Waals surface area contributed by atoms with Crippen LogP contribution in [0.5, 0.6) is 0 Å². The standard InChI is InChI=1S/C15H17NO/c1-5-7-9-13-11(3)10-14(16-13)12(4)15(17)8-6-2/h5-10,16-17H,2-4H2,1H3/b7-5-,13-9+,15-8+. The molecule has 17 heavy (non-hydrogen) atoms. The van der Waals surface area contributed by atoms with Gasteiger partial charge >= 0.3 is 0 Å². The zero-order chi connectivity index (χ0) is 12.8. The molecule has 1 aromatic heterocycles. The number of H-pyrrole nitrogens is 1. The van der Waals surface area contributed by atoms with Crippen molar-refractivity contribution < 1.29 is 5.11 Å². The van der Waals surface area contributed by atoms with Crippen LogP contribution < -0.4 is 10.6 Å². The minimum absolute atomic E-state index is 0.0961. The Kier molecular flexibility index (Phi) is 4.35. The largest absolute Gasteiger partial charge is 0.507 e. The molecule has 2 heteroatoms. The quantitative estimate of drug-likeness (QED) is 0.601. The van der Waals surface area contributed by atoms with Gasteiger partial charge < -0.3 is 10.1 Å². The van der Waals surface area contributed by atoms with Gasteiger partial charge in [0.05, 0.1) is 0 Å². The fourth-order valence-corrected chi connectivity index (χ4v) is 1.37. The van der Waals surface area contributed by atoms with Crippen LogP contribution in [0.4, 0.5) is 0 Å². The first-order valence-electron chi connectivity index (χ1n) is 5.32. The van der Waals surface area contributed by atoms with Gasteiger partial charge in [0, 0.05) is 16.6 Å². The highest BCUT2D eigenvalue weighted by molar-refractivity contribution is 5.73. The molecule has 0 saturated heterocycles. The maximum absolute atomic E-state index is 9.67. The number of aliphatic hydroxyl groups is 1. The molecular formula is C15H17NO. The van der Waals surface area contributed by atoms with E-state index in [9.17, 15) is 5.11 Å². The number of aromatic nitrogens is 1. The Hall–Kier alpha value is -2.22. The summed E-state index contributed by atoms with van der Waals surface area (Å²) in [4.78, 5) is 3.15. The number of allylic oxidation sites excluding steroid dienone is 5. The second-order valence-electron chi connectivity index (χ2n) is 3.58. The number of aromatic amines is 1. The molecule has 0 aliphatic carbocycles. The monoisotopic (exact) mass is 227 g/mol. The second kappa shape index (κ2) is 5.75. The van der Waals surface area contributed by atoms with E-state index < -0.39 is 0 Å². The number of hydrogen-bond donors (Lipinski definition) is 2. The van der Waals surface area contributed by atoms with E-state index in [0.29, 0.717) is 5.57 Å². The van der Waals surface area contributed by atoms with Gasteiger partial charge in [-0.1, -0.05) is 38.0 Å². The lowest BCUT2D eigenvalue weighted by Crippen LogP contribution is -2.19. The molecule has 1 aromatic rings. The van der Waals surface area contributed by atoms with Crippen molar-refractivity contribution in [1.82, 2.24) is 4.98 Å². The molecule has 0 unspecified atom stereocenters. The van der Waals surface area contributed by atoms with Gasteiger partial charge in [0.2, 0.25) is 0 Å². The first-order valence-corrected chi connectivity index (χ1v) is 5.32. The van der Waals surface area contributed by atoms with Crippen molar-refractivity contribution in [3.8, 4) is 0 Å². The Balaban J connectivity index is 3.19. The van der Waals surface area contributed by atoms with Crippen molar-refractivity contribution in [2.45, 2.75) is 6.92 Å². The van der Waals surface area contributed by atoms with Gasteiger partial charge in [0.1, 0.15) is 5.76 Å². The fourth-order valence-electron chi connectivity index (χ4n) is 1.37. The highest BCUT2D eigenvalue weighted by atomic mass is 16.3. The van der Waals surface area contributed by atoms with Crippen LogP contribution in [0.2, 0.25) is 0 Å². The molecule has 88 valence electrons. The zero-order valence-electron chi connectivity index (χ0n) is 10.0. The van der Waals surface area contributed by atoms with Gasteiger partial charge in [0.25, 0.3) is 0 Å². The third kappa shape index (κ3) is 3.11. The molecule has 0 aliphatic rings. The molecule has 0 bridgehead atoms. The second-order valence-corrected chi connectivity index (χ2v) is 3.58. The Morgan fingerprint density at radius 1 is 1.47 bits per heavy atom. The van der Waals surface area contributed by atoms with Crippen LogP contribution in [0, 0.1) is 0 Å². The van der Waals surface area contributed by atoms with Crippen LogP contribution in [-0.4, -0.2) is 10.1 Å². The van der Waals surface area contributed by atoms with Crippen LogP contribution in [0.15, 0.2) is 49.3 Å². The molecule has 1 heterocycles. The molecule has 0 fully saturated rings. The predicted octanol–water partition coefficient (Wildman–Crippen LogP) is 2.42. The van der Waals surface area contributed by atoms with E-state index in [-0.39, 0.29) is 5.76 Å². The van der Waals surface area contributed by atoms with E-state index >= 15 is 0 Å². The predicted molar refractivity (Wildman–Crippen MR) is 74.8 cm³/mol. The Labute approximate surface area is 101 Å². The average Bonchev–Trinajstić information content (AvgIpc) is 2.67. The smallest absolute Gasteiger partial charge is 0.124 e. The average molecular weight is 227 g/mol. The van der Waals surface area contributed by atoms with Crippen molar-refractivity contribution >= 4 is 18.2 Å². The highest BCUT2D eigenvalue weighted by Crippen LogP contribution is 2.14. The minimum Gasteiger partial charge on any atom is -0.507 e. The Morgan fingerprint density at radius 2 is 2.18 bits per heavy atom. The topological polar surface area (TPSA) is 36.0 Å². The van der Waals surface area contributed by atoms with E-state index in [2.05, 4.69) is 24.7 Å². The number of nitrogens with one attached hydrogen (secondary N) is 1. The lowest BCUT2D eigenvalue weighted by molar-refractivity contribution is 0.438. The molecular weight excluding hydrogens is 210 g/mol. The van der Waals surface area contributed by atoms with Crippen LogP contribution in [0.25, 0.3) is 18.2 Å². The minimum atomic E-state index is 0.0961. The third-order valence-electron chi connectivity index (χ3n) is 2.30. The summed E-state index contributed by atoms with van der Waals surface area (Å²) >= 11 is 0. The molecule has 0 aliphatic heterocycles. The van der Waals surface area contributed by atoms with Gasteiger partial charge in [-0.15, -0.1) is 0 Å². The molecule has 0 amide bonds. The fraction of sp³-hybridized carbons (Fsp3) is 0.0667. The molecule has 0 aromatic carbocycles. The molecule has 0 spiro atoms. The van der Waals surface area contributed by atoms with Crippen LogP contribution >= 0.6 is 0 Å². The molecule has 1 rings (SSSR count). The summed E-state index contributed by atoms with van der Waals surface area (Å²) in [7, 11) is 0. The van der Waals surface area contributed by atoms with E-state index in [1.807, 2.05) is 31.2 Å². The summed E-state index contributed by atoms with van der Waals surface area (Å²) in [5, 5.41) is 11.4. The maximum Gasteiger partial charge on any atom is 0.124 e. The maximum atomic E-state index is 9.67. The van der Waals surface area contributed by atoms with Gasteiger partial charge in [-0.2, -0.15) is 0 Å². The summed E-state index contributed by atoms with van der Waals surface area (Å²) < 4.78 is 0. The summed E-state index contributed by atoms with van der Waals surface area (Å²) in [6.07, 6.45) is 8.80. The summed E-state index contributed by atoms with van der Waals surface area (Å²) in [5.41, 5.74) is 1.27. The molecule has 0 radical (unpaired) electrons. The zero-order valence-corrected chi connectivity index (χ0v) is 10.0. The molecule has 0 atom stereocenters. The molecule has 2 nitrogen and oxygen atoms in total. The van der Waals surface area contributed by atoms with Crippen LogP contribution in [-0.2, 0) is 0 Å². The Morgan fingerprint density at radius 3 is 2.76 bits per heavy atom. The van der Waals surface area contributed by atoms with E-state index in [1.165, 1.54) is 12.2 Å². The van der Waals surface area contributed by atoms with Crippen molar-refractivity contribution in [2.24, 2.45) is 0 Å². The summed E-state index contributed by atoms with van der Waals surface area (Å²) in [6.45, 7) is 13.2. The van der Waals surface area contributed by atoms with Crippen molar-refractivity contribution in [3.05, 3.63) is 65.5 Å². The van der Waals surface area contributed by atoms with Crippen molar-refractivity contribution in [3.63, 3.8) is 0 Å². The number of aliphatic hydroxyl groups excluding tert-OH is 1. The van der Waals surface area contributed by atoms with Crippen LogP contribution in [0.1, 0.15) is 12.6 Å². The summed E-state index contributed by atoms with van der Waals surface area (Å²) in [6, 6.07) is 1.85. The highest BCUT2D eigenvalue weighted by Gasteiger charge is 2.04. The van der Waals surface area contributed by atoms with E-state index in [1.54, 1.807) is 0 Å². The first-order chi connectivity index (χ1) is 8.10.